The molecule has 0 aromatic heterocycles. The Bertz CT molecular complexity index is 668. The average Bonchev–Trinajstić information content (AvgIpc) is 2.70. The lowest BCUT2D eigenvalue weighted by atomic mass is 9.86. The molecule has 0 atom stereocenters. The highest BCUT2D eigenvalue weighted by Gasteiger charge is 2.94. The minimum absolute atomic E-state index is 0.0141. The lowest BCUT2D eigenvalue weighted by Gasteiger charge is -2.43. The smallest absolute Gasteiger partial charge is 0.200 e. The van der Waals surface area contributed by atoms with Crippen molar-refractivity contribution in [1.82, 2.24) is 0 Å². The van der Waals surface area contributed by atoms with Crippen LogP contribution in [0.15, 0.2) is 0 Å². The lowest BCUT2D eigenvalue weighted by molar-refractivity contribution is -0.453. The molecule has 0 aliphatic carbocycles. The van der Waals surface area contributed by atoms with E-state index in [1.807, 2.05) is 0 Å². The van der Waals surface area contributed by atoms with E-state index in [0.29, 0.717) is 6.42 Å². The zero-order valence-corrected chi connectivity index (χ0v) is 18.4. The second kappa shape index (κ2) is 10.7. The van der Waals surface area contributed by atoms with Crippen molar-refractivity contribution in [1.29, 1.82) is 0 Å². The first-order chi connectivity index (χ1) is 15.4. The van der Waals surface area contributed by atoms with E-state index in [1.54, 1.807) is 0 Å². The molecule has 0 saturated heterocycles. The van der Waals surface area contributed by atoms with Crippen LogP contribution in [0.3, 0.4) is 0 Å². The fourth-order valence-corrected chi connectivity index (χ4v) is 2.93. The van der Waals surface area contributed by atoms with E-state index < -0.39 is 73.1 Å². The molecule has 16 heteroatoms. The summed E-state index contributed by atoms with van der Waals surface area (Å²) in [6, 6.07) is 0. The molecule has 0 aliphatic rings. The molecule has 35 heavy (non-hydrogen) atoms. The van der Waals surface area contributed by atoms with Gasteiger partial charge in [0.15, 0.2) is 0 Å². The molecule has 0 radical (unpaired) electrons. The molecule has 0 aromatic rings. The largest absolute Gasteiger partial charge is 0.384 e. The van der Waals surface area contributed by atoms with Crippen molar-refractivity contribution in [2.75, 3.05) is 0 Å². The number of hydrogen-bond acceptors (Lipinski definition) is 0. The van der Waals surface area contributed by atoms with Gasteiger partial charge in [-0.25, -0.2) is 0 Å². The predicted octanol–water partition coefficient (Wildman–Crippen LogP) is 9.62. The zero-order valence-electron chi connectivity index (χ0n) is 18.4. The monoisotopic (exact) mass is 556 g/mol. The predicted molar refractivity (Wildman–Crippen MR) is 92.5 cm³/mol. The maximum Gasteiger partial charge on any atom is 0.384 e. The third kappa shape index (κ3) is 5.59. The Morgan fingerprint density at radius 1 is 0.314 bits per heavy atom. The van der Waals surface area contributed by atoms with Crippen molar-refractivity contribution in [3.8, 4) is 0 Å². The second-order valence-corrected chi connectivity index (χ2v) is 8.12. The summed E-state index contributed by atoms with van der Waals surface area (Å²) in [5.74, 6) is -60.1. The van der Waals surface area contributed by atoms with Gasteiger partial charge in [0.1, 0.15) is 0 Å². The Labute approximate surface area is 190 Å². The molecule has 0 spiro atoms. The van der Waals surface area contributed by atoms with Crippen molar-refractivity contribution in [3.63, 3.8) is 0 Å². The summed E-state index contributed by atoms with van der Waals surface area (Å²) in [7, 11) is 0. The molecular weight excluding hydrogens is 532 g/mol. The molecule has 0 nitrogen and oxygen atoms in total. The molecule has 0 unspecified atom stereocenters. The van der Waals surface area contributed by atoms with Gasteiger partial charge in [0, 0.05) is 12.8 Å². The SMILES string of the molecule is CCCCCCC(F)(F)C(F)(F)C(F)(F)C(F)(F)C(F)(F)C(F)(F)C(F)(F)C(F)(F)CCCCC. The van der Waals surface area contributed by atoms with Crippen LogP contribution in [0.4, 0.5) is 70.2 Å². The van der Waals surface area contributed by atoms with Crippen LogP contribution in [0.25, 0.3) is 0 Å². The minimum Gasteiger partial charge on any atom is -0.200 e. The van der Waals surface area contributed by atoms with Crippen molar-refractivity contribution >= 4 is 0 Å². The summed E-state index contributed by atoms with van der Waals surface area (Å²) >= 11 is 0. The van der Waals surface area contributed by atoms with Gasteiger partial charge in [-0.2, -0.15) is 70.2 Å². The van der Waals surface area contributed by atoms with E-state index in [4.69, 9.17) is 0 Å². The van der Waals surface area contributed by atoms with Gasteiger partial charge < -0.3 is 0 Å². The van der Waals surface area contributed by atoms with Crippen LogP contribution in [-0.4, -0.2) is 47.4 Å². The van der Waals surface area contributed by atoms with Crippen LogP contribution in [0.1, 0.15) is 71.6 Å². The summed E-state index contributed by atoms with van der Waals surface area (Å²) in [4.78, 5) is 0. The van der Waals surface area contributed by atoms with Crippen molar-refractivity contribution in [2.24, 2.45) is 0 Å². The first kappa shape index (κ1) is 33.9. The molecule has 0 heterocycles. The first-order valence-electron chi connectivity index (χ1n) is 10.4. The molecular formula is C19H24F16. The summed E-state index contributed by atoms with van der Waals surface area (Å²) < 4.78 is 220. The number of unbranched alkanes of at least 4 members (excludes halogenated alkanes) is 5. The van der Waals surface area contributed by atoms with E-state index >= 15 is 0 Å². The molecule has 0 rings (SSSR count). The minimum atomic E-state index is -8.33. The number of rotatable bonds is 16. The second-order valence-electron chi connectivity index (χ2n) is 8.12. The molecule has 212 valence electrons. The van der Waals surface area contributed by atoms with Crippen LogP contribution >= 0.6 is 0 Å². The van der Waals surface area contributed by atoms with Crippen LogP contribution in [0, 0.1) is 0 Å². The molecule has 0 saturated carbocycles. The topological polar surface area (TPSA) is 0 Å². The highest BCUT2D eigenvalue weighted by Crippen LogP contribution is 2.64. The Hall–Kier alpha value is -1.12. The van der Waals surface area contributed by atoms with Crippen molar-refractivity contribution < 1.29 is 70.2 Å². The van der Waals surface area contributed by atoms with Gasteiger partial charge in [-0.1, -0.05) is 46.0 Å². The summed E-state index contributed by atoms with van der Waals surface area (Å²) in [5, 5.41) is 0. The third-order valence-electron chi connectivity index (χ3n) is 5.33. The molecule has 0 bridgehead atoms. The van der Waals surface area contributed by atoms with Crippen molar-refractivity contribution in [2.45, 2.75) is 119 Å². The number of alkyl halides is 16. The fourth-order valence-electron chi connectivity index (χ4n) is 2.93. The Morgan fingerprint density at radius 2 is 0.543 bits per heavy atom. The number of hydrogen-bond donors (Lipinski definition) is 0. The van der Waals surface area contributed by atoms with Crippen LogP contribution in [0.5, 0.6) is 0 Å². The van der Waals surface area contributed by atoms with Gasteiger partial charge in [-0.15, -0.1) is 0 Å². The summed E-state index contributed by atoms with van der Waals surface area (Å²) in [6.07, 6.45) is -6.86. The molecule has 0 fully saturated rings. The van der Waals surface area contributed by atoms with Crippen LogP contribution < -0.4 is 0 Å². The van der Waals surface area contributed by atoms with Gasteiger partial charge in [-0.3, -0.25) is 0 Å². The lowest BCUT2D eigenvalue weighted by Crippen LogP contribution is -2.74. The summed E-state index contributed by atoms with van der Waals surface area (Å²) in [5.41, 5.74) is 0. The average molecular weight is 556 g/mol. The maximum absolute atomic E-state index is 13.8. The molecule has 0 aliphatic heterocycles. The van der Waals surface area contributed by atoms with Gasteiger partial charge in [-0.05, 0) is 12.8 Å². The van der Waals surface area contributed by atoms with E-state index in [0.717, 1.165) is 0 Å². The van der Waals surface area contributed by atoms with Gasteiger partial charge in [0.05, 0.1) is 0 Å². The molecule has 0 N–H and O–H groups in total. The van der Waals surface area contributed by atoms with E-state index in [-0.39, 0.29) is 25.7 Å². The Morgan fingerprint density at radius 3 is 0.829 bits per heavy atom. The van der Waals surface area contributed by atoms with E-state index in [2.05, 4.69) is 0 Å². The third-order valence-corrected chi connectivity index (χ3v) is 5.33. The molecule has 0 aromatic carbocycles. The Balaban J connectivity index is 6.39. The quantitative estimate of drug-likeness (QED) is 0.131. The van der Waals surface area contributed by atoms with Gasteiger partial charge in [0.2, 0.25) is 0 Å². The Kier molecular flexibility index (Phi) is 10.4. The van der Waals surface area contributed by atoms with Gasteiger partial charge >= 0.3 is 47.4 Å². The highest BCUT2D eigenvalue weighted by molar-refractivity contribution is 5.15. The van der Waals surface area contributed by atoms with Crippen molar-refractivity contribution in [3.05, 3.63) is 0 Å². The first-order valence-corrected chi connectivity index (χ1v) is 10.4. The number of halogens is 16. The van der Waals surface area contributed by atoms with Gasteiger partial charge in [0.25, 0.3) is 0 Å². The standard InChI is InChI=1S/C19H24F16/c1-3-5-7-9-11-13(22,23)15(26,27)17(30,31)19(34,35)18(32,33)16(28,29)14(24,25)12(20,21)10-8-6-4-2/h3-11H2,1-2H3. The van der Waals surface area contributed by atoms with Crippen LogP contribution in [-0.2, 0) is 0 Å². The normalized spacial score (nSPS) is 15.6. The maximum atomic E-state index is 13.8. The van der Waals surface area contributed by atoms with E-state index in [1.165, 1.54) is 13.8 Å². The molecule has 0 amide bonds. The van der Waals surface area contributed by atoms with Crippen LogP contribution in [0.2, 0.25) is 0 Å². The fraction of sp³-hybridized carbons (Fsp3) is 1.00. The van der Waals surface area contributed by atoms with E-state index in [9.17, 15) is 70.2 Å². The zero-order chi connectivity index (χ0) is 28.4. The highest BCUT2D eigenvalue weighted by atomic mass is 19.4. The summed E-state index contributed by atoms with van der Waals surface area (Å²) in [6.45, 7) is 2.80.